The van der Waals surface area contributed by atoms with Gasteiger partial charge in [-0.3, -0.25) is 43.1 Å². The highest BCUT2D eigenvalue weighted by molar-refractivity contribution is 7.48. The molecule has 0 saturated carbocycles. The van der Waals surface area contributed by atoms with Crippen LogP contribution < -0.4 is 10.6 Å². The molecule has 4 aromatic heterocycles. The van der Waals surface area contributed by atoms with Crippen LogP contribution in [0.3, 0.4) is 0 Å². The normalized spacial score (nSPS) is 11.4. The number of unbranched alkanes of at least 4 members (excludes halogenated alkanes) is 6. The fourth-order valence-electron chi connectivity index (χ4n) is 6.24. The number of pyridine rings is 4. The average Bonchev–Trinajstić information content (AvgIpc) is 3.22. The molecule has 13 heteroatoms. The molecular formula is C45H63N6O6P. The Morgan fingerprint density at radius 3 is 1.40 bits per heavy atom. The first kappa shape index (κ1) is 46.3. The molecule has 314 valence electrons. The molecule has 0 aliphatic carbocycles. The Morgan fingerprint density at radius 2 is 0.948 bits per heavy atom. The fraction of sp³-hybridized carbons (Fsp3) is 0.511. The van der Waals surface area contributed by atoms with Crippen LogP contribution in [-0.4, -0.2) is 64.7 Å². The molecule has 58 heavy (non-hydrogen) atoms. The monoisotopic (exact) mass is 814 g/mol. The number of rotatable bonds is 29. The van der Waals surface area contributed by atoms with E-state index in [1.165, 1.54) is 11.1 Å². The van der Waals surface area contributed by atoms with Crippen molar-refractivity contribution in [3.63, 3.8) is 0 Å². The lowest BCUT2D eigenvalue weighted by Gasteiger charge is -2.18. The van der Waals surface area contributed by atoms with Gasteiger partial charge in [-0.15, -0.1) is 0 Å². The molecule has 4 heterocycles. The molecule has 0 spiro atoms. The predicted octanol–water partition coefficient (Wildman–Crippen LogP) is 9.48. The third-order valence-electron chi connectivity index (χ3n) is 9.53. The Hall–Kier alpha value is -4.35. The van der Waals surface area contributed by atoms with Crippen LogP contribution in [0.5, 0.6) is 0 Å². The lowest BCUT2D eigenvalue weighted by atomic mass is 10.1. The van der Waals surface area contributed by atoms with Gasteiger partial charge >= 0.3 is 7.82 Å². The molecule has 0 radical (unpaired) electrons. The summed E-state index contributed by atoms with van der Waals surface area (Å²) in [7, 11) is -3.85. The fourth-order valence-corrected chi connectivity index (χ4v) is 7.53. The Kier molecular flexibility index (Phi) is 21.3. The number of aryl methyl sites for hydroxylation is 4. The predicted molar refractivity (Wildman–Crippen MR) is 229 cm³/mol. The molecule has 4 aromatic rings. The van der Waals surface area contributed by atoms with E-state index in [1.807, 2.05) is 62.6 Å². The van der Waals surface area contributed by atoms with Gasteiger partial charge in [0, 0.05) is 50.7 Å². The summed E-state index contributed by atoms with van der Waals surface area (Å²) in [4.78, 5) is 42.8. The molecule has 2 N–H and O–H groups in total. The number of nitrogens with zero attached hydrogens (tertiary/aromatic N) is 4. The molecule has 0 aromatic carbocycles. The lowest BCUT2D eigenvalue weighted by Crippen LogP contribution is -2.24. The molecule has 0 atom stereocenters. The molecule has 12 nitrogen and oxygen atoms in total. The van der Waals surface area contributed by atoms with Gasteiger partial charge in [0.05, 0.1) is 42.6 Å². The zero-order chi connectivity index (χ0) is 41.3. The van der Waals surface area contributed by atoms with Crippen molar-refractivity contribution in [2.24, 2.45) is 0 Å². The summed E-state index contributed by atoms with van der Waals surface area (Å²) >= 11 is 0. The first-order valence-electron chi connectivity index (χ1n) is 21.1. The van der Waals surface area contributed by atoms with Crippen LogP contribution in [0.1, 0.15) is 113 Å². The second-order valence-corrected chi connectivity index (χ2v) is 16.4. The number of aromatic nitrogens is 4. The van der Waals surface area contributed by atoms with Gasteiger partial charge in [-0.1, -0.05) is 32.6 Å². The van der Waals surface area contributed by atoms with E-state index in [0.717, 1.165) is 105 Å². The van der Waals surface area contributed by atoms with E-state index in [-0.39, 0.29) is 44.5 Å². The number of phosphoric acid groups is 1. The number of hydrogen-bond donors (Lipinski definition) is 2. The Bertz CT molecular complexity index is 1750. The van der Waals surface area contributed by atoms with Crippen LogP contribution in [0.4, 0.5) is 0 Å². The summed E-state index contributed by atoms with van der Waals surface area (Å²) in [5.74, 6) is -0.165. The number of nitrogens with one attached hydrogen (secondary N) is 2. The summed E-state index contributed by atoms with van der Waals surface area (Å²) in [6.07, 6.45) is 18.8. The Morgan fingerprint density at radius 1 is 0.534 bits per heavy atom. The summed E-state index contributed by atoms with van der Waals surface area (Å²) in [6, 6.07) is 16.2. The lowest BCUT2D eigenvalue weighted by molar-refractivity contribution is -0.122. The zero-order valence-electron chi connectivity index (χ0n) is 34.8. The second kappa shape index (κ2) is 26.6. The van der Waals surface area contributed by atoms with Gasteiger partial charge in [0.15, 0.2) is 0 Å². The van der Waals surface area contributed by atoms with Crippen molar-refractivity contribution in [3.05, 3.63) is 95.6 Å². The van der Waals surface area contributed by atoms with Crippen molar-refractivity contribution in [2.75, 3.05) is 32.9 Å². The third kappa shape index (κ3) is 18.5. The van der Waals surface area contributed by atoms with E-state index in [9.17, 15) is 14.2 Å². The van der Waals surface area contributed by atoms with E-state index < -0.39 is 7.82 Å². The molecule has 0 aliphatic heterocycles. The molecule has 0 unspecified atom stereocenters. The van der Waals surface area contributed by atoms with E-state index in [1.54, 1.807) is 12.4 Å². The number of carbonyl (C=O) groups is 2. The smallest absolute Gasteiger partial charge is 0.356 e. The van der Waals surface area contributed by atoms with Crippen LogP contribution in [0.2, 0.25) is 0 Å². The molecule has 0 bridgehead atoms. The molecule has 0 saturated heterocycles. The van der Waals surface area contributed by atoms with Crippen LogP contribution in [-0.2, 0) is 40.6 Å². The number of hydrogen-bond acceptors (Lipinski definition) is 10. The highest BCUT2D eigenvalue weighted by Gasteiger charge is 2.26. The maximum absolute atomic E-state index is 13.5. The standard InChI is InChI=1S/C45H63N6O6P/c1-4-5-6-7-12-29-55-58(54,56-30-13-17-44(52)50-23-10-8-15-38-21-27-48-42(34-38)40-32-36(2)19-25-46-40)57-31-14-18-45(53)51-24-11-9-16-39-22-28-49-43(35-39)41-33-37(3)20-26-47-41/h19-22,25-28,32-35H,4-18,23-24,29-31H2,1-3H3,(H,50,52)(H,51,53). The van der Waals surface area contributed by atoms with Gasteiger partial charge in [0.2, 0.25) is 11.8 Å². The molecule has 0 fully saturated rings. The van der Waals surface area contributed by atoms with Crippen LogP contribution in [0, 0.1) is 13.8 Å². The van der Waals surface area contributed by atoms with Gasteiger partial charge < -0.3 is 10.6 Å². The zero-order valence-corrected chi connectivity index (χ0v) is 35.7. The SMILES string of the molecule is CCCCCCCOP(=O)(OCCCC(=O)NCCCCc1ccnc(-c2cc(C)ccn2)c1)OCCCC(=O)NCCCCc1ccnc(-c2cc(C)ccn2)c1. The summed E-state index contributed by atoms with van der Waals surface area (Å²) in [5, 5.41) is 5.94. The van der Waals surface area contributed by atoms with Crippen molar-refractivity contribution in [3.8, 4) is 22.8 Å². The number of amides is 2. The van der Waals surface area contributed by atoms with Crippen molar-refractivity contribution >= 4 is 19.6 Å². The van der Waals surface area contributed by atoms with Crippen LogP contribution in [0.25, 0.3) is 22.8 Å². The van der Waals surface area contributed by atoms with E-state index >= 15 is 0 Å². The minimum absolute atomic E-state index is 0.0603. The molecular weight excluding hydrogens is 752 g/mol. The molecule has 0 aliphatic rings. The minimum Gasteiger partial charge on any atom is -0.356 e. The number of carbonyl (C=O) groups excluding carboxylic acids is 2. The highest BCUT2D eigenvalue weighted by atomic mass is 31.2. The Labute approximate surface area is 345 Å². The Balaban J connectivity index is 1.08. The van der Waals surface area contributed by atoms with Gasteiger partial charge in [-0.2, -0.15) is 0 Å². The number of phosphoric ester groups is 1. The van der Waals surface area contributed by atoms with E-state index in [0.29, 0.717) is 25.9 Å². The third-order valence-corrected chi connectivity index (χ3v) is 11.0. The first-order valence-corrected chi connectivity index (χ1v) is 22.5. The summed E-state index contributed by atoms with van der Waals surface area (Å²) in [5.41, 5.74) is 8.10. The summed E-state index contributed by atoms with van der Waals surface area (Å²) in [6.45, 7) is 7.76. The van der Waals surface area contributed by atoms with E-state index in [4.69, 9.17) is 13.6 Å². The molecule has 2 amide bonds. The van der Waals surface area contributed by atoms with Gasteiger partial charge in [-0.25, -0.2) is 4.57 Å². The van der Waals surface area contributed by atoms with Crippen molar-refractivity contribution in [1.82, 2.24) is 30.6 Å². The summed E-state index contributed by atoms with van der Waals surface area (Å²) < 4.78 is 30.4. The maximum atomic E-state index is 13.5. The minimum atomic E-state index is -3.85. The van der Waals surface area contributed by atoms with Gasteiger partial charge in [0.25, 0.3) is 0 Å². The van der Waals surface area contributed by atoms with E-state index in [2.05, 4.69) is 49.6 Å². The van der Waals surface area contributed by atoms with Crippen molar-refractivity contribution in [2.45, 2.75) is 117 Å². The van der Waals surface area contributed by atoms with Crippen molar-refractivity contribution in [1.29, 1.82) is 0 Å². The second-order valence-electron chi connectivity index (χ2n) is 14.7. The van der Waals surface area contributed by atoms with Gasteiger partial charge in [0.1, 0.15) is 0 Å². The average molecular weight is 815 g/mol. The van der Waals surface area contributed by atoms with Crippen LogP contribution >= 0.6 is 7.82 Å². The van der Waals surface area contributed by atoms with Gasteiger partial charge in [-0.05, 0) is 142 Å². The first-order chi connectivity index (χ1) is 28.2. The quantitative estimate of drug-likeness (QED) is 0.0400. The topological polar surface area (TPSA) is 155 Å². The maximum Gasteiger partial charge on any atom is 0.474 e. The van der Waals surface area contributed by atoms with Crippen LogP contribution in [0.15, 0.2) is 73.3 Å². The highest BCUT2D eigenvalue weighted by Crippen LogP contribution is 2.50. The molecule has 4 rings (SSSR count). The van der Waals surface area contributed by atoms with Crippen molar-refractivity contribution < 1.29 is 27.7 Å². The largest absolute Gasteiger partial charge is 0.474 e.